The van der Waals surface area contributed by atoms with Gasteiger partial charge in [-0.3, -0.25) is 0 Å². The van der Waals surface area contributed by atoms with Crippen molar-refractivity contribution in [1.82, 2.24) is 10.6 Å². The molecule has 0 aromatic heterocycles. The van der Waals surface area contributed by atoms with Crippen molar-refractivity contribution < 1.29 is 1.37 Å². The molecular formula is C15H24N2. The molecule has 17 heavy (non-hydrogen) atoms. The van der Waals surface area contributed by atoms with E-state index in [0.29, 0.717) is 6.90 Å². The summed E-state index contributed by atoms with van der Waals surface area (Å²) in [6.45, 7) is 9.93. The van der Waals surface area contributed by atoms with E-state index in [0.717, 1.165) is 18.5 Å². The Morgan fingerprint density at radius 2 is 2.24 bits per heavy atom. The molecule has 0 rings (SSSR count). The molecule has 0 aromatic rings. The summed E-state index contributed by atoms with van der Waals surface area (Å²) in [6, 6.07) is 0.239. The van der Waals surface area contributed by atoms with Crippen LogP contribution in [0.15, 0.2) is 61.6 Å². The fourth-order valence-corrected chi connectivity index (χ4v) is 1.17. The molecule has 0 spiro atoms. The van der Waals surface area contributed by atoms with Gasteiger partial charge in [-0.1, -0.05) is 30.9 Å². The molecule has 0 aliphatic carbocycles. The summed E-state index contributed by atoms with van der Waals surface area (Å²) in [5.74, 6) is 0. The topological polar surface area (TPSA) is 24.1 Å². The molecule has 1 unspecified atom stereocenters. The zero-order chi connectivity index (χ0) is 13.6. The molecule has 0 fully saturated rings. The molecule has 0 saturated carbocycles. The van der Waals surface area contributed by atoms with Crippen LogP contribution in [-0.2, 0) is 0 Å². The molecular weight excluding hydrogens is 208 g/mol. The molecule has 2 heteroatoms. The van der Waals surface area contributed by atoms with Crippen molar-refractivity contribution >= 4 is 0 Å². The number of rotatable bonds is 9. The molecule has 2 nitrogen and oxygen atoms in total. The Kier molecular flexibility index (Phi) is 8.50. The highest BCUT2D eigenvalue weighted by Crippen LogP contribution is 1.97. The van der Waals surface area contributed by atoms with Crippen LogP contribution in [-0.4, -0.2) is 6.04 Å². The zero-order valence-corrected chi connectivity index (χ0v) is 10.7. The lowest BCUT2D eigenvalue weighted by atomic mass is 10.2. The van der Waals surface area contributed by atoms with E-state index in [2.05, 4.69) is 23.8 Å². The van der Waals surface area contributed by atoms with Crippen LogP contribution >= 0.6 is 0 Å². The first-order valence-electron chi connectivity index (χ1n) is 6.48. The lowest BCUT2D eigenvalue weighted by Gasteiger charge is -2.11. The number of hydrogen-bond acceptors (Lipinski definition) is 2. The van der Waals surface area contributed by atoms with Crippen molar-refractivity contribution in [1.29, 1.82) is 0 Å². The maximum Gasteiger partial charge on any atom is 0.0490 e. The summed E-state index contributed by atoms with van der Waals surface area (Å²) in [4.78, 5) is 0. The summed E-state index contributed by atoms with van der Waals surface area (Å²) < 4.78 is 6.98. The smallest absolute Gasteiger partial charge is 0.0490 e. The molecule has 1 atom stereocenters. The van der Waals surface area contributed by atoms with Gasteiger partial charge in [0.25, 0.3) is 0 Å². The van der Waals surface area contributed by atoms with Gasteiger partial charge < -0.3 is 10.6 Å². The highest BCUT2D eigenvalue weighted by molar-refractivity contribution is 5.06. The number of hydrogen-bond donors (Lipinski definition) is 2. The lowest BCUT2D eigenvalue weighted by Crippen LogP contribution is -2.21. The molecule has 0 radical (unpaired) electrons. The van der Waals surface area contributed by atoms with Crippen molar-refractivity contribution in [2.24, 2.45) is 0 Å². The fraction of sp³-hybridized carbons (Fsp3) is 0.333. The summed E-state index contributed by atoms with van der Waals surface area (Å²) in [5, 5.41) is 6.37. The van der Waals surface area contributed by atoms with E-state index >= 15 is 0 Å². The van der Waals surface area contributed by atoms with Crippen LogP contribution in [0.5, 0.6) is 0 Å². The minimum absolute atomic E-state index is 0.239. The minimum Gasteiger partial charge on any atom is -0.385 e. The Labute approximate surface area is 107 Å². The van der Waals surface area contributed by atoms with Crippen LogP contribution < -0.4 is 10.6 Å². The maximum absolute atomic E-state index is 6.98. The maximum atomic E-state index is 6.98. The number of nitrogens with one attached hydrogen (secondary N) is 2. The van der Waals surface area contributed by atoms with E-state index < -0.39 is 0 Å². The Balaban J connectivity index is 4.04. The standard InChI is InChI=1S/C15H24N2/c1-5-8-10-14(4)16-13-11-15(9-6-2)17-12-7-3/h5-8,11-13,15-17H,2,4,9-10H2,1,3H3/b8-5+,12-7+,13-11+/i1D. The van der Waals surface area contributed by atoms with Gasteiger partial charge in [-0.25, -0.2) is 0 Å². The Bertz CT molecular complexity index is 316. The van der Waals surface area contributed by atoms with Crippen LogP contribution in [0.1, 0.15) is 28.0 Å². The third kappa shape index (κ3) is 9.24. The molecule has 0 aromatic carbocycles. The highest BCUT2D eigenvalue weighted by Gasteiger charge is 1.97. The zero-order valence-electron chi connectivity index (χ0n) is 11.7. The molecule has 0 aliphatic rings. The van der Waals surface area contributed by atoms with E-state index in [1.54, 1.807) is 0 Å². The van der Waals surface area contributed by atoms with Gasteiger partial charge >= 0.3 is 0 Å². The van der Waals surface area contributed by atoms with E-state index in [4.69, 9.17) is 1.37 Å². The van der Waals surface area contributed by atoms with Crippen molar-refractivity contribution in [3.63, 3.8) is 0 Å². The highest BCUT2D eigenvalue weighted by atomic mass is 14.9. The van der Waals surface area contributed by atoms with Gasteiger partial charge in [0.2, 0.25) is 0 Å². The Morgan fingerprint density at radius 1 is 1.41 bits per heavy atom. The summed E-state index contributed by atoms with van der Waals surface area (Å²) in [5.41, 5.74) is 0.916. The summed E-state index contributed by atoms with van der Waals surface area (Å²) in [7, 11) is 0. The van der Waals surface area contributed by atoms with E-state index in [-0.39, 0.29) is 6.04 Å². The fourth-order valence-electron chi connectivity index (χ4n) is 1.17. The largest absolute Gasteiger partial charge is 0.385 e. The van der Waals surface area contributed by atoms with Gasteiger partial charge in [-0.2, -0.15) is 0 Å². The van der Waals surface area contributed by atoms with Gasteiger partial charge in [0.1, 0.15) is 0 Å². The van der Waals surface area contributed by atoms with Crippen molar-refractivity contribution in [3.8, 4) is 0 Å². The van der Waals surface area contributed by atoms with Gasteiger partial charge in [0.05, 0.1) is 0 Å². The van der Waals surface area contributed by atoms with Crippen LogP contribution in [0, 0.1) is 0 Å². The monoisotopic (exact) mass is 233 g/mol. The predicted molar refractivity (Wildman–Crippen MR) is 77.4 cm³/mol. The van der Waals surface area contributed by atoms with Crippen LogP contribution in [0.3, 0.4) is 0 Å². The first-order chi connectivity index (χ1) is 8.74. The SMILES string of the molecule is [2H]C/C=C/CC(=C)N/C=C/C(CC=C)N/C=C/C. The summed E-state index contributed by atoms with van der Waals surface area (Å²) in [6.07, 6.45) is 15.1. The van der Waals surface area contributed by atoms with E-state index in [1.807, 2.05) is 49.7 Å². The molecule has 2 N–H and O–H groups in total. The third-order valence-electron chi connectivity index (χ3n) is 2.04. The quantitative estimate of drug-likeness (QED) is 0.594. The second kappa shape index (κ2) is 10.8. The van der Waals surface area contributed by atoms with E-state index in [9.17, 15) is 0 Å². The van der Waals surface area contributed by atoms with Gasteiger partial charge in [0.15, 0.2) is 0 Å². The molecule has 0 amide bonds. The van der Waals surface area contributed by atoms with Crippen molar-refractivity contribution in [3.05, 3.63) is 61.6 Å². The molecule has 0 bridgehead atoms. The van der Waals surface area contributed by atoms with Gasteiger partial charge in [0, 0.05) is 19.5 Å². The normalized spacial score (nSPS) is 14.1. The first-order valence-corrected chi connectivity index (χ1v) is 5.78. The second-order valence-electron chi connectivity index (χ2n) is 3.58. The molecule has 0 heterocycles. The Hall–Kier alpha value is -1.70. The minimum atomic E-state index is 0.239. The Morgan fingerprint density at radius 3 is 2.88 bits per heavy atom. The second-order valence-corrected chi connectivity index (χ2v) is 3.58. The van der Waals surface area contributed by atoms with Crippen LogP contribution in [0.2, 0.25) is 0 Å². The molecule has 94 valence electrons. The van der Waals surface area contributed by atoms with Crippen molar-refractivity contribution in [2.45, 2.75) is 32.7 Å². The average molecular weight is 233 g/mol. The molecule has 0 aliphatic heterocycles. The van der Waals surface area contributed by atoms with Gasteiger partial charge in [-0.05, 0) is 38.7 Å². The average Bonchev–Trinajstić information content (AvgIpc) is 2.36. The van der Waals surface area contributed by atoms with Crippen molar-refractivity contribution in [2.75, 3.05) is 0 Å². The van der Waals surface area contributed by atoms with Crippen LogP contribution in [0.25, 0.3) is 0 Å². The van der Waals surface area contributed by atoms with E-state index in [1.165, 1.54) is 0 Å². The first kappa shape index (κ1) is 13.4. The predicted octanol–water partition coefficient (Wildman–Crippen LogP) is 3.64. The number of allylic oxidation sites excluding steroid dienone is 3. The van der Waals surface area contributed by atoms with Crippen LogP contribution in [0.4, 0.5) is 0 Å². The lowest BCUT2D eigenvalue weighted by molar-refractivity contribution is 0.706. The van der Waals surface area contributed by atoms with Gasteiger partial charge in [-0.15, -0.1) is 6.58 Å². The summed E-state index contributed by atoms with van der Waals surface area (Å²) >= 11 is 0. The third-order valence-corrected chi connectivity index (χ3v) is 2.04. The molecule has 0 saturated heterocycles.